The normalized spacial score (nSPS) is 12.7. The summed E-state index contributed by atoms with van der Waals surface area (Å²) in [6.07, 6.45) is 0.730. The third kappa shape index (κ3) is 8.28. The van der Waals surface area contributed by atoms with E-state index in [0.717, 1.165) is 33.0 Å². The number of benzene rings is 3. The van der Waals surface area contributed by atoms with Gasteiger partial charge >= 0.3 is 0 Å². The second-order valence-electron chi connectivity index (χ2n) is 10.9. The highest BCUT2D eigenvalue weighted by molar-refractivity contribution is 7.92. The van der Waals surface area contributed by atoms with E-state index in [1.54, 1.807) is 19.1 Å². The topological polar surface area (TPSA) is 105 Å². The van der Waals surface area contributed by atoms with Crippen molar-refractivity contribution in [1.82, 2.24) is 10.2 Å². The summed E-state index contributed by atoms with van der Waals surface area (Å²) in [7, 11) is -1.38. The van der Waals surface area contributed by atoms with Crippen molar-refractivity contribution in [2.45, 2.75) is 71.5 Å². The van der Waals surface area contributed by atoms with E-state index in [2.05, 4.69) is 5.32 Å². The molecule has 232 valence electrons. The molecule has 0 aliphatic carbocycles. The molecule has 9 nitrogen and oxygen atoms in total. The monoisotopic (exact) mass is 609 g/mol. The minimum atomic E-state index is -4.27. The molecule has 0 heterocycles. The van der Waals surface area contributed by atoms with E-state index < -0.39 is 28.5 Å². The molecule has 0 radical (unpaired) electrons. The molecule has 3 aromatic carbocycles. The molecule has 0 saturated heterocycles. The van der Waals surface area contributed by atoms with E-state index in [1.165, 1.54) is 37.3 Å². The van der Waals surface area contributed by atoms with E-state index in [4.69, 9.17) is 9.47 Å². The SMILES string of the molecule is CCC(C)NC(=O)C(C)N(Cc1cccc(C)c1)C(=O)CN(c1cc(C)cc(C)c1)S(=O)(=O)c1ccc(OC)c(OC)c1. The van der Waals surface area contributed by atoms with Crippen LogP contribution in [0.3, 0.4) is 0 Å². The van der Waals surface area contributed by atoms with Gasteiger partial charge in [-0.15, -0.1) is 0 Å². The van der Waals surface area contributed by atoms with Crippen LogP contribution < -0.4 is 19.1 Å². The Bertz CT molecular complexity index is 1540. The van der Waals surface area contributed by atoms with Crippen molar-refractivity contribution in [2.24, 2.45) is 0 Å². The second kappa shape index (κ2) is 14.4. The van der Waals surface area contributed by atoms with Crippen LogP contribution in [0.2, 0.25) is 0 Å². The molecule has 0 aliphatic rings. The van der Waals surface area contributed by atoms with Crippen molar-refractivity contribution in [3.05, 3.63) is 82.9 Å². The molecule has 10 heteroatoms. The molecule has 0 bridgehead atoms. The standard InChI is InChI=1S/C33H43N3O6S/c1-9-25(5)34-33(38)26(6)35(20-27-12-10-11-22(2)16-27)32(37)21-36(28-17-23(3)15-24(4)18-28)43(39,40)29-13-14-30(41-7)31(19-29)42-8/h10-19,25-26H,9,20-21H2,1-8H3,(H,34,38). The Morgan fingerprint density at radius 1 is 0.860 bits per heavy atom. The van der Waals surface area contributed by atoms with Gasteiger partial charge in [-0.25, -0.2) is 8.42 Å². The van der Waals surface area contributed by atoms with E-state index in [0.29, 0.717) is 11.4 Å². The quantitative estimate of drug-likeness (QED) is 0.287. The maximum absolute atomic E-state index is 14.3. The summed E-state index contributed by atoms with van der Waals surface area (Å²) in [4.78, 5) is 28.8. The number of carbonyl (C=O) groups is 2. The van der Waals surface area contributed by atoms with Crippen molar-refractivity contribution >= 4 is 27.5 Å². The minimum absolute atomic E-state index is 0.0649. The summed E-state index contributed by atoms with van der Waals surface area (Å²) < 4.78 is 40.3. The third-order valence-electron chi connectivity index (χ3n) is 7.32. The van der Waals surface area contributed by atoms with Gasteiger partial charge in [0.25, 0.3) is 10.0 Å². The number of methoxy groups -OCH3 is 2. The molecule has 0 fully saturated rings. The van der Waals surface area contributed by atoms with Crippen LogP contribution in [0.4, 0.5) is 5.69 Å². The van der Waals surface area contributed by atoms with Crippen LogP contribution in [-0.4, -0.2) is 58.0 Å². The molecule has 0 spiro atoms. The number of sulfonamides is 1. The fourth-order valence-corrected chi connectivity index (χ4v) is 6.20. The van der Waals surface area contributed by atoms with Gasteiger partial charge in [-0.3, -0.25) is 13.9 Å². The lowest BCUT2D eigenvalue weighted by Gasteiger charge is -2.32. The lowest BCUT2D eigenvalue weighted by atomic mass is 10.1. The number of hydrogen-bond acceptors (Lipinski definition) is 6. The average Bonchev–Trinajstić information content (AvgIpc) is 2.96. The first kappa shape index (κ1) is 33.5. The molecule has 2 unspecified atom stereocenters. The van der Waals surface area contributed by atoms with Gasteiger partial charge in [0, 0.05) is 18.7 Å². The number of rotatable bonds is 13. The number of amides is 2. The molecule has 43 heavy (non-hydrogen) atoms. The summed E-state index contributed by atoms with van der Waals surface area (Å²) in [5, 5.41) is 2.95. The maximum atomic E-state index is 14.3. The van der Waals surface area contributed by atoms with Crippen LogP contribution >= 0.6 is 0 Å². The summed E-state index contributed by atoms with van der Waals surface area (Å²) in [6, 6.07) is 16.4. The number of nitrogens with one attached hydrogen (secondary N) is 1. The lowest BCUT2D eigenvalue weighted by Crippen LogP contribution is -2.52. The van der Waals surface area contributed by atoms with Gasteiger partial charge in [0.1, 0.15) is 12.6 Å². The Balaban J connectivity index is 2.11. The highest BCUT2D eigenvalue weighted by atomic mass is 32.2. The molecule has 1 N–H and O–H groups in total. The van der Waals surface area contributed by atoms with Gasteiger partial charge in [-0.05, 0) is 82.0 Å². The van der Waals surface area contributed by atoms with E-state index >= 15 is 0 Å². The molecule has 0 aromatic heterocycles. The zero-order chi connectivity index (χ0) is 31.9. The van der Waals surface area contributed by atoms with Crippen molar-refractivity contribution in [3.63, 3.8) is 0 Å². The third-order valence-corrected chi connectivity index (χ3v) is 9.09. The number of hydrogen-bond donors (Lipinski definition) is 1. The lowest BCUT2D eigenvalue weighted by molar-refractivity contribution is -0.139. The first-order valence-electron chi connectivity index (χ1n) is 14.3. The fraction of sp³-hybridized carbons (Fsp3) is 0.394. The zero-order valence-corrected chi connectivity index (χ0v) is 27.1. The Labute approximate surface area is 255 Å². The highest BCUT2D eigenvalue weighted by Gasteiger charge is 2.33. The minimum Gasteiger partial charge on any atom is -0.493 e. The predicted molar refractivity (Wildman–Crippen MR) is 169 cm³/mol. The number of aryl methyl sites for hydroxylation is 3. The van der Waals surface area contributed by atoms with E-state index in [1.807, 2.05) is 65.0 Å². The molecular weight excluding hydrogens is 566 g/mol. The molecule has 2 atom stereocenters. The van der Waals surface area contributed by atoms with Gasteiger partial charge in [0.2, 0.25) is 11.8 Å². The van der Waals surface area contributed by atoms with Crippen LogP contribution in [0.15, 0.2) is 65.6 Å². The highest BCUT2D eigenvalue weighted by Crippen LogP contribution is 2.33. The largest absolute Gasteiger partial charge is 0.493 e. The van der Waals surface area contributed by atoms with Gasteiger partial charge in [0.15, 0.2) is 11.5 Å². The molecule has 3 aromatic rings. The van der Waals surface area contributed by atoms with Gasteiger partial charge in [-0.1, -0.05) is 42.8 Å². The number of nitrogens with zero attached hydrogens (tertiary/aromatic N) is 2. The fourth-order valence-electron chi connectivity index (χ4n) is 4.78. The van der Waals surface area contributed by atoms with Crippen LogP contribution in [0, 0.1) is 20.8 Å². The molecule has 0 aliphatic heterocycles. The first-order valence-corrected chi connectivity index (χ1v) is 15.7. The van der Waals surface area contributed by atoms with Gasteiger partial charge in [0.05, 0.1) is 24.8 Å². The van der Waals surface area contributed by atoms with E-state index in [-0.39, 0.29) is 29.1 Å². The van der Waals surface area contributed by atoms with Crippen molar-refractivity contribution in [2.75, 3.05) is 25.1 Å². The number of carbonyl (C=O) groups excluding carboxylic acids is 2. The Morgan fingerprint density at radius 2 is 1.51 bits per heavy atom. The second-order valence-corrected chi connectivity index (χ2v) is 12.7. The number of anilines is 1. The summed E-state index contributed by atoms with van der Waals surface area (Å²) >= 11 is 0. The van der Waals surface area contributed by atoms with Crippen molar-refractivity contribution in [1.29, 1.82) is 0 Å². The Morgan fingerprint density at radius 3 is 2.09 bits per heavy atom. The van der Waals surface area contributed by atoms with Crippen LogP contribution in [0.25, 0.3) is 0 Å². The molecular formula is C33H43N3O6S. The van der Waals surface area contributed by atoms with Gasteiger partial charge in [-0.2, -0.15) is 0 Å². The Hall–Kier alpha value is -4.05. The van der Waals surface area contributed by atoms with Crippen molar-refractivity contribution in [3.8, 4) is 11.5 Å². The van der Waals surface area contributed by atoms with Crippen LogP contribution in [-0.2, 0) is 26.2 Å². The number of ether oxygens (including phenoxy) is 2. The molecule has 0 saturated carbocycles. The molecule has 2 amide bonds. The maximum Gasteiger partial charge on any atom is 0.264 e. The smallest absolute Gasteiger partial charge is 0.264 e. The molecule has 3 rings (SSSR count). The summed E-state index contributed by atoms with van der Waals surface area (Å²) in [5.74, 6) is -0.208. The zero-order valence-electron chi connectivity index (χ0n) is 26.3. The van der Waals surface area contributed by atoms with Crippen molar-refractivity contribution < 1.29 is 27.5 Å². The Kier molecular flexibility index (Phi) is 11.2. The summed E-state index contributed by atoms with van der Waals surface area (Å²) in [5.41, 5.74) is 3.86. The van der Waals surface area contributed by atoms with Crippen LogP contribution in [0.1, 0.15) is 49.4 Å². The average molecular weight is 610 g/mol. The van der Waals surface area contributed by atoms with Gasteiger partial charge < -0.3 is 19.7 Å². The predicted octanol–water partition coefficient (Wildman–Crippen LogP) is 5.16. The van der Waals surface area contributed by atoms with E-state index in [9.17, 15) is 18.0 Å². The van der Waals surface area contributed by atoms with Crippen LogP contribution in [0.5, 0.6) is 11.5 Å². The summed E-state index contributed by atoms with van der Waals surface area (Å²) in [6.45, 7) is 10.8. The first-order chi connectivity index (χ1) is 20.3.